The Labute approximate surface area is 165 Å². The minimum atomic E-state index is -0.0199. The van der Waals surface area contributed by atoms with Crippen LogP contribution in [0.5, 0.6) is 0 Å². The Hall–Kier alpha value is -0.610. The van der Waals surface area contributed by atoms with Crippen molar-refractivity contribution in [1.82, 2.24) is 0 Å². The molecule has 0 aromatic heterocycles. The third kappa shape index (κ3) is 6.19. The number of esters is 1. The van der Waals surface area contributed by atoms with Gasteiger partial charge in [0.15, 0.2) is 6.29 Å². The van der Waals surface area contributed by atoms with Gasteiger partial charge in [-0.05, 0) is 69.6 Å². The van der Waals surface area contributed by atoms with E-state index < -0.39 is 0 Å². The Balaban J connectivity index is 1.33. The fraction of sp³-hybridized carbons (Fsp3) is 0.957. The molecule has 1 saturated heterocycles. The minimum absolute atomic E-state index is 0.0199. The van der Waals surface area contributed by atoms with E-state index >= 15 is 0 Å². The van der Waals surface area contributed by atoms with Gasteiger partial charge in [-0.2, -0.15) is 0 Å². The predicted octanol–water partition coefficient (Wildman–Crippen LogP) is 5.34. The Morgan fingerprint density at radius 3 is 1.96 bits per heavy atom. The molecule has 2 aliphatic carbocycles. The Bertz CT molecular complexity index is 449. The van der Waals surface area contributed by atoms with Gasteiger partial charge in [0.05, 0.1) is 19.8 Å². The van der Waals surface area contributed by atoms with Crippen molar-refractivity contribution in [1.29, 1.82) is 0 Å². The SMILES string of the molecule is CCOC(=O)CCC1CCC(C2CCC(C3OCC(C)(C)CO3)CC2)CC1. The van der Waals surface area contributed by atoms with Crippen molar-refractivity contribution in [3.63, 3.8) is 0 Å². The molecule has 0 bridgehead atoms. The third-order valence-corrected chi connectivity index (χ3v) is 7.10. The Morgan fingerprint density at radius 1 is 0.889 bits per heavy atom. The number of rotatable bonds is 6. The topological polar surface area (TPSA) is 44.8 Å². The first kappa shape index (κ1) is 21.1. The molecule has 3 fully saturated rings. The number of carbonyl (C=O) groups is 1. The summed E-state index contributed by atoms with van der Waals surface area (Å²) >= 11 is 0. The van der Waals surface area contributed by atoms with Crippen LogP contribution < -0.4 is 0 Å². The summed E-state index contributed by atoms with van der Waals surface area (Å²) in [5.74, 6) is 3.10. The zero-order valence-electron chi connectivity index (χ0n) is 17.7. The fourth-order valence-corrected chi connectivity index (χ4v) is 5.37. The number of carbonyl (C=O) groups excluding carboxylic acids is 1. The minimum Gasteiger partial charge on any atom is -0.466 e. The lowest BCUT2D eigenvalue weighted by atomic mass is 9.68. The van der Waals surface area contributed by atoms with Crippen LogP contribution in [-0.2, 0) is 19.0 Å². The van der Waals surface area contributed by atoms with Gasteiger partial charge in [-0.25, -0.2) is 0 Å². The Kier molecular flexibility index (Phi) is 7.61. The summed E-state index contributed by atoms with van der Waals surface area (Å²) in [6.45, 7) is 8.46. The summed E-state index contributed by atoms with van der Waals surface area (Å²) in [6.07, 6.45) is 12.2. The van der Waals surface area contributed by atoms with Crippen molar-refractivity contribution in [2.75, 3.05) is 19.8 Å². The first-order chi connectivity index (χ1) is 13.0. The molecule has 0 aromatic rings. The first-order valence-electron chi connectivity index (χ1n) is 11.4. The van der Waals surface area contributed by atoms with Gasteiger partial charge in [0, 0.05) is 17.8 Å². The highest BCUT2D eigenvalue weighted by Crippen LogP contribution is 2.43. The summed E-state index contributed by atoms with van der Waals surface area (Å²) in [6, 6.07) is 0. The molecule has 0 unspecified atom stereocenters. The standard InChI is InChI=1S/C23H40O4/c1-4-25-21(24)14-7-17-5-8-18(9-6-17)19-10-12-20(13-11-19)22-26-15-23(2,3)16-27-22/h17-20,22H,4-16H2,1-3H3. The van der Waals surface area contributed by atoms with Crippen LogP contribution in [0.4, 0.5) is 0 Å². The lowest BCUT2D eigenvalue weighted by Gasteiger charge is -2.42. The van der Waals surface area contributed by atoms with Crippen molar-refractivity contribution < 1.29 is 19.0 Å². The van der Waals surface area contributed by atoms with Crippen LogP contribution in [0.25, 0.3) is 0 Å². The van der Waals surface area contributed by atoms with Gasteiger partial charge in [-0.1, -0.05) is 26.7 Å². The summed E-state index contributed by atoms with van der Waals surface area (Å²) in [5, 5.41) is 0. The fourth-order valence-electron chi connectivity index (χ4n) is 5.37. The normalized spacial score (nSPS) is 34.9. The average Bonchev–Trinajstić information content (AvgIpc) is 2.67. The van der Waals surface area contributed by atoms with Crippen molar-refractivity contribution >= 4 is 5.97 Å². The van der Waals surface area contributed by atoms with E-state index in [2.05, 4.69) is 13.8 Å². The maximum Gasteiger partial charge on any atom is 0.305 e. The zero-order valence-corrected chi connectivity index (χ0v) is 17.7. The van der Waals surface area contributed by atoms with Crippen LogP contribution in [-0.4, -0.2) is 32.1 Å². The van der Waals surface area contributed by atoms with Crippen molar-refractivity contribution in [2.45, 2.75) is 91.3 Å². The lowest BCUT2D eigenvalue weighted by Crippen LogP contribution is -2.42. The van der Waals surface area contributed by atoms with Crippen LogP contribution in [0.2, 0.25) is 0 Å². The largest absolute Gasteiger partial charge is 0.466 e. The average molecular weight is 381 g/mol. The molecule has 27 heavy (non-hydrogen) atoms. The third-order valence-electron chi connectivity index (χ3n) is 7.10. The molecule has 0 N–H and O–H groups in total. The molecule has 156 valence electrons. The van der Waals surface area contributed by atoms with E-state index in [0.717, 1.165) is 37.4 Å². The zero-order chi connectivity index (χ0) is 19.3. The summed E-state index contributed by atoms with van der Waals surface area (Å²) in [7, 11) is 0. The number of hydrogen-bond donors (Lipinski definition) is 0. The quantitative estimate of drug-likeness (QED) is 0.583. The summed E-state index contributed by atoms with van der Waals surface area (Å²) in [5.41, 5.74) is 0.166. The van der Waals surface area contributed by atoms with Gasteiger partial charge in [0.25, 0.3) is 0 Å². The molecule has 0 radical (unpaired) electrons. The molecule has 1 heterocycles. The highest BCUT2D eigenvalue weighted by atomic mass is 16.7. The van der Waals surface area contributed by atoms with E-state index in [-0.39, 0.29) is 17.7 Å². The molecule has 0 spiro atoms. The van der Waals surface area contributed by atoms with Gasteiger partial charge >= 0.3 is 5.97 Å². The van der Waals surface area contributed by atoms with Crippen LogP contribution >= 0.6 is 0 Å². The van der Waals surface area contributed by atoms with E-state index in [9.17, 15) is 4.79 Å². The second-order valence-corrected chi connectivity index (χ2v) is 9.95. The van der Waals surface area contributed by atoms with E-state index in [4.69, 9.17) is 14.2 Å². The molecule has 1 aliphatic heterocycles. The molecule has 0 amide bonds. The molecule has 0 aromatic carbocycles. The number of ether oxygens (including phenoxy) is 3. The van der Waals surface area contributed by atoms with Gasteiger partial charge in [0.2, 0.25) is 0 Å². The number of hydrogen-bond acceptors (Lipinski definition) is 4. The summed E-state index contributed by atoms with van der Waals surface area (Å²) in [4.78, 5) is 11.6. The highest BCUT2D eigenvalue weighted by molar-refractivity contribution is 5.69. The van der Waals surface area contributed by atoms with Gasteiger partial charge < -0.3 is 14.2 Å². The van der Waals surface area contributed by atoms with Crippen LogP contribution in [0.1, 0.15) is 85.0 Å². The lowest BCUT2D eigenvalue weighted by molar-refractivity contribution is -0.247. The predicted molar refractivity (Wildman–Crippen MR) is 106 cm³/mol. The van der Waals surface area contributed by atoms with E-state index in [1.165, 1.54) is 51.4 Å². The molecule has 3 rings (SSSR count). The van der Waals surface area contributed by atoms with Gasteiger partial charge in [0.1, 0.15) is 0 Å². The molecule has 3 aliphatic rings. The Morgan fingerprint density at radius 2 is 1.41 bits per heavy atom. The second kappa shape index (κ2) is 9.73. The van der Waals surface area contributed by atoms with Crippen LogP contribution in [0.3, 0.4) is 0 Å². The van der Waals surface area contributed by atoms with Crippen molar-refractivity contribution in [3.05, 3.63) is 0 Å². The van der Waals surface area contributed by atoms with E-state index in [0.29, 0.717) is 18.9 Å². The van der Waals surface area contributed by atoms with Crippen molar-refractivity contribution in [2.24, 2.45) is 29.1 Å². The van der Waals surface area contributed by atoms with E-state index in [1.54, 1.807) is 0 Å². The molecule has 4 nitrogen and oxygen atoms in total. The van der Waals surface area contributed by atoms with Gasteiger partial charge in [-0.3, -0.25) is 4.79 Å². The van der Waals surface area contributed by atoms with Crippen LogP contribution in [0.15, 0.2) is 0 Å². The van der Waals surface area contributed by atoms with Gasteiger partial charge in [-0.15, -0.1) is 0 Å². The molecule has 4 heteroatoms. The van der Waals surface area contributed by atoms with Crippen LogP contribution in [0, 0.1) is 29.1 Å². The maximum absolute atomic E-state index is 11.6. The highest BCUT2D eigenvalue weighted by Gasteiger charge is 2.37. The molecular weight excluding hydrogens is 340 g/mol. The van der Waals surface area contributed by atoms with E-state index in [1.807, 2.05) is 6.92 Å². The van der Waals surface area contributed by atoms with Crippen molar-refractivity contribution in [3.8, 4) is 0 Å². The smallest absolute Gasteiger partial charge is 0.305 e. The molecule has 2 saturated carbocycles. The summed E-state index contributed by atoms with van der Waals surface area (Å²) < 4.78 is 17.1. The molecule has 0 atom stereocenters. The molecular formula is C23H40O4. The maximum atomic E-state index is 11.6. The second-order valence-electron chi connectivity index (χ2n) is 9.95. The first-order valence-corrected chi connectivity index (χ1v) is 11.4. The monoisotopic (exact) mass is 380 g/mol.